The molecule has 0 saturated heterocycles. The van der Waals surface area contributed by atoms with E-state index in [2.05, 4.69) is 23.8 Å². The van der Waals surface area contributed by atoms with E-state index in [0.717, 1.165) is 16.7 Å². The van der Waals surface area contributed by atoms with Crippen LogP contribution in [0.25, 0.3) is 11.0 Å². The molecule has 84 valence electrons. The van der Waals surface area contributed by atoms with Gasteiger partial charge in [0.15, 0.2) is 0 Å². The fourth-order valence-electron chi connectivity index (χ4n) is 0.982. The minimum absolute atomic E-state index is 0.770. The number of rotatable bonds is 0. The van der Waals surface area contributed by atoms with E-state index in [4.69, 9.17) is 5.73 Å². The zero-order valence-electron chi connectivity index (χ0n) is 10.0. The smallest absolute Gasteiger partial charge is 0.139 e. The Bertz CT molecular complexity index is 366. The number of hydrogen-bond donors (Lipinski definition) is 2. The largest absolute Gasteiger partial charge is 0.398 e. The highest BCUT2D eigenvalue weighted by Gasteiger charge is 1.95. The number of nitrogens with one attached hydrogen (secondary N) is 1. The summed E-state index contributed by atoms with van der Waals surface area (Å²) in [7, 11) is 0. The third-order valence-corrected chi connectivity index (χ3v) is 1.49. The molecule has 2 aromatic rings. The first-order valence-corrected chi connectivity index (χ1v) is 5.47. The van der Waals surface area contributed by atoms with Crippen LogP contribution in [0.3, 0.4) is 0 Å². The van der Waals surface area contributed by atoms with Gasteiger partial charge in [-0.25, -0.2) is 4.98 Å². The summed E-state index contributed by atoms with van der Waals surface area (Å²) >= 11 is 0. The normalized spacial score (nSPS) is 8.53. The minimum Gasteiger partial charge on any atom is -0.398 e. The molecule has 0 bridgehead atoms. The van der Waals surface area contributed by atoms with E-state index in [1.807, 2.05) is 26.1 Å². The Morgan fingerprint density at radius 3 is 2.40 bits per heavy atom. The average Bonchev–Trinajstić information content (AvgIpc) is 2.71. The van der Waals surface area contributed by atoms with Crippen LogP contribution in [0.1, 0.15) is 34.1 Å². The molecule has 0 atom stereocenters. The van der Waals surface area contributed by atoms with Crippen LogP contribution in [0.15, 0.2) is 24.5 Å². The van der Waals surface area contributed by atoms with Crippen molar-refractivity contribution in [3.05, 3.63) is 24.5 Å². The zero-order chi connectivity index (χ0) is 11.7. The van der Waals surface area contributed by atoms with Crippen molar-refractivity contribution >= 4 is 16.7 Å². The van der Waals surface area contributed by atoms with Gasteiger partial charge in [-0.1, -0.05) is 34.1 Å². The summed E-state index contributed by atoms with van der Waals surface area (Å²) in [5.74, 6) is 0. The van der Waals surface area contributed by atoms with E-state index in [9.17, 15) is 0 Å². The number of hydrogen-bond acceptors (Lipinski definition) is 2. The molecule has 3 N–H and O–H groups in total. The topological polar surface area (TPSA) is 54.7 Å². The molecule has 3 heteroatoms. The third-order valence-electron chi connectivity index (χ3n) is 1.49. The first-order valence-electron chi connectivity index (χ1n) is 5.47. The van der Waals surface area contributed by atoms with Gasteiger partial charge in [0.2, 0.25) is 0 Å². The predicted octanol–water partition coefficient (Wildman–Crippen LogP) is 3.59. The molecule has 0 aliphatic heterocycles. The second kappa shape index (κ2) is 7.85. The number of nitrogens with two attached hydrogens (primary N) is 1. The Morgan fingerprint density at radius 1 is 1.27 bits per heavy atom. The maximum Gasteiger partial charge on any atom is 0.139 e. The fraction of sp³-hybridized carbons (Fsp3) is 0.417. The van der Waals surface area contributed by atoms with Crippen molar-refractivity contribution in [1.82, 2.24) is 9.97 Å². The van der Waals surface area contributed by atoms with E-state index in [0.29, 0.717) is 0 Å². The molecule has 0 aliphatic carbocycles. The molecule has 2 rings (SSSR count). The molecule has 15 heavy (non-hydrogen) atoms. The van der Waals surface area contributed by atoms with Crippen LogP contribution >= 0.6 is 0 Å². The van der Waals surface area contributed by atoms with Crippen molar-refractivity contribution in [2.24, 2.45) is 0 Å². The van der Waals surface area contributed by atoms with Crippen LogP contribution in [0.4, 0.5) is 5.69 Å². The van der Waals surface area contributed by atoms with Gasteiger partial charge in [-0.3, -0.25) is 0 Å². The predicted molar refractivity (Wildman–Crippen MR) is 67.8 cm³/mol. The molecule has 0 radical (unpaired) electrons. The molecule has 0 spiro atoms. The zero-order valence-corrected chi connectivity index (χ0v) is 10.0. The Balaban J connectivity index is 0.000000342. The number of aromatic amines is 1. The Morgan fingerprint density at radius 2 is 1.87 bits per heavy atom. The van der Waals surface area contributed by atoms with Crippen molar-refractivity contribution in [2.75, 3.05) is 5.73 Å². The van der Waals surface area contributed by atoms with Gasteiger partial charge in [0.05, 0.1) is 0 Å². The summed E-state index contributed by atoms with van der Waals surface area (Å²) < 4.78 is 0. The average molecular weight is 207 g/mol. The molecule has 0 aliphatic rings. The highest BCUT2D eigenvalue weighted by Crippen LogP contribution is 2.15. The lowest BCUT2D eigenvalue weighted by Crippen LogP contribution is -1.85. The van der Waals surface area contributed by atoms with Crippen LogP contribution in [-0.4, -0.2) is 9.97 Å². The van der Waals surface area contributed by atoms with Gasteiger partial charge >= 0.3 is 0 Å². The van der Waals surface area contributed by atoms with Gasteiger partial charge in [-0.2, -0.15) is 0 Å². The molecule has 0 amide bonds. The maximum atomic E-state index is 5.64. The Kier molecular flexibility index (Phi) is 7.06. The van der Waals surface area contributed by atoms with Crippen LogP contribution in [0, 0.1) is 0 Å². The lowest BCUT2D eigenvalue weighted by molar-refractivity contribution is 1.09. The van der Waals surface area contributed by atoms with Crippen molar-refractivity contribution in [2.45, 2.75) is 34.1 Å². The van der Waals surface area contributed by atoms with Gasteiger partial charge in [-0.05, 0) is 12.1 Å². The van der Waals surface area contributed by atoms with Crippen LogP contribution in [0.2, 0.25) is 0 Å². The summed E-state index contributed by atoms with van der Waals surface area (Å²) in [5, 5.41) is 0.988. The van der Waals surface area contributed by atoms with Crippen LogP contribution in [0.5, 0.6) is 0 Å². The fourth-order valence-corrected chi connectivity index (χ4v) is 0.982. The lowest BCUT2D eigenvalue weighted by atomic mass is 10.3. The van der Waals surface area contributed by atoms with E-state index < -0.39 is 0 Å². The van der Waals surface area contributed by atoms with E-state index >= 15 is 0 Å². The third kappa shape index (κ3) is 4.02. The number of anilines is 1. The summed E-state index contributed by atoms with van der Waals surface area (Å²) in [6.07, 6.45) is 4.77. The van der Waals surface area contributed by atoms with Gasteiger partial charge in [-0.15, -0.1) is 0 Å². The van der Waals surface area contributed by atoms with Crippen molar-refractivity contribution in [3.8, 4) is 0 Å². The quantitative estimate of drug-likeness (QED) is 0.693. The van der Waals surface area contributed by atoms with Crippen molar-refractivity contribution in [3.63, 3.8) is 0 Å². The van der Waals surface area contributed by atoms with E-state index in [-0.39, 0.29) is 0 Å². The number of aromatic nitrogens is 2. The first-order chi connectivity index (χ1) is 7.29. The number of nitrogens with zero attached hydrogens (tertiary/aromatic N) is 1. The number of fused-ring (bicyclic) bond motifs is 1. The highest BCUT2D eigenvalue weighted by atomic mass is 14.8. The van der Waals surface area contributed by atoms with Crippen LogP contribution < -0.4 is 5.73 Å². The van der Waals surface area contributed by atoms with Crippen molar-refractivity contribution < 1.29 is 0 Å². The second-order valence-corrected chi connectivity index (χ2v) is 2.85. The van der Waals surface area contributed by atoms with Gasteiger partial charge < -0.3 is 10.7 Å². The molecule has 0 unspecified atom stereocenters. The minimum atomic E-state index is 0.770. The summed E-state index contributed by atoms with van der Waals surface area (Å²) in [4.78, 5) is 7.04. The molecule has 0 fully saturated rings. The molecular formula is C12H21N3. The van der Waals surface area contributed by atoms with Gasteiger partial charge in [0.1, 0.15) is 5.65 Å². The summed E-state index contributed by atoms with van der Waals surface area (Å²) in [5.41, 5.74) is 7.26. The second-order valence-electron chi connectivity index (χ2n) is 2.85. The maximum absolute atomic E-state index is 5.64. The SMILES string of the molecule is CC.CCC.Nc1ccnc2[nH]ccc12. The first kappa shape index (κ1) is 13.5. The lowest BCUT2D eigenvalue weighted by Gasteiger charge is -1.91. The Hall–Kier alpha value is -1.51. The molecule has 2 heterocycles. The van der Waals surface area contributed by atoms with E-state index in [1.165, 1.54) is 6.42 Å². The van der Waals surface area contributed by atoms with Gasteiger partial charge in [0.25, 0.3) is 0 Å². The van der Waals surface area contributed by atoms with E-state index in [1.54, 1.807) is 12.3 Å². The molecule has 3 nitrogen and oxygen atoms in total. The Labute approximate surface area is 91.7 Å². The number of nitrogen functional groups attached to an aromatic ring is 1. The number of H-pyrrole nitrogens is 1. The standard InChI is InChI=1S/C7H7N3.C3H8.C2H6/c8-6-2-4-10-7-5(6)1-3-9-7;1-3-2;1-2/h1-4H,(H3,8,9,10);3H2,1-2H3;1-2H3. The highest BCUT2D eigenvalue weighted by molar-refractivity contribution is 5.87. The summed E-state index contributed by atoms with van der Waals surface area (Å²) in [6, 6.07) is 3.70. The molecular weight excluding hydrogens is 186 g/mol. The molecule has 0 saturated carbocycles. The summed E-state index contributed by atoms with van der Waals surface area (Å²) in [6.45, 7) is 8.25. The van der Waals surface area contributed by atoms with Crippen LogP contribution in [-0.2, 0) is 0 Å². The monoisotopic (exact) mass is 207 g/mol. The number of pyridine rings is 1. The molecule has 2 aromatic heterocycles. The molecule has 0 aromatic carbocycles. The van der Waals surface area contributed by atoms with Gasteiger partial charge in [0, 0.05) is 23.5 Å². The van der Waals surface area contributed by atoms with Crippen molar-refractivity contribution in [1.29, 1.82) is 0 Å².